The summed E-state index contributed by atoms with van der Waals surface area (Å²) < 4.78 is 5.17. The molecule has 2 aromatic carbocycles. The van der Waals surface area contributed by atoms with Gasteiger partial charge in [0, 0.05) is 12.1 Å². The van der Waals surface area contributed by atoms with Gasteiger partial charge in [-0.15, -0.1) is 12.4 Å². The van der Waals surface area contributed by atoms with E-state index in [1.165, 1.54) is 17.5 Å². The Hall–Kier alpha value is -2.04. The van der Waals surface area contributed by atoms with Crippen LogP contribution in [-0.2, 0) is 12.8 Å². The van der Waals surface area contributed by atoms with E-state index in [0.29, 0.717) is 12.5 Å². The van der Waals surface area contributed by atoms with E-state index in [4.69, 9.17) is 4.74 Å². The van der Waals surface area contributed by atoms with Crippen molar-refractivity contribution in [2.45, 2.75) is 25.7 Å². The first kappa shape index (κ1) is 21.3. The molecule has 1 heterocycles. The van der Waals surface area contributed by atoms with E-state index in [9.17, 15) is 4.79 Å². The zero-order valence-corrected chi connectivity index (χ0v) is 16.7. The maximum absolute atomic E-state index is 12.4. The number of hydrogen-bond acceptors (Lipinski definition) is 3. The number of halogens is 1. The van der Waals surface area contributed by atoms with E-state index < -0.39 is 0 Å². The van der Waals surface area contributed by atoms with Crippen molar-refractivity contribution < 1.29 is 9.53 Å². The van der Waals surface area contributed by atoms with Gasteiger partial charge in [-0.3, -0.25) is 4.79 Å². The number of benzene rings is 2. The summed E-state index contributed by atoms with van der Waals surface area (Å²) in [5.41, 5.74) is 3.27. The van der Waals surface area contributed by atoms with Crippen LogP contribution in [-0.4, -0.2) is 32.7 Å². The molecule has 0 saturated carbocycles. The molecule has 0 radical (unpaired) electrons. The van der Waals surface area contributed by atoms with Crippen LogP contribution in [0.4, 0.5) is 0 Å². The van der Waals surface area contributed by atoms with Crippen LogP contribution < -0.4 is 15.4 Å². The molecule has 1 aliphatic heterocycles. The summed E-state index contributed by atoms with van der Waals surface area (Å²) in [6.45, 7) is 2.88. The zero-order valence-electron chi connectivity index (χ0n) is 15.9. The van der Waals surface area contributed by atoms with E-state index in [2.05, 4.69) is 28.8 Å². The Morgan fingerprint density at radius 2 is 2.00 bits per heavy atom. The Labute approximate surface area is 168 Å². The first-order chi connectivity index (χ1) is 12.7. The highest BCUT2D eigenvalue weighted by molar-refractivity contribution is 5.94. The van der Waals surface area contributed by atoms with Crippen molar-refractivity contribution in [3.8, 4) is 5.75 Å². The Morgan fingerprint density at radius 1 is 1.19 bits per heavy atom. The lowest BCUT2D eigenvalue weighted by atomic mass is 9.97. The smallest absolute Gasteiger partial charge is 0.251 e. The molecule has 146 valence electrons. The van der Waals surface area contributed by atoms with Crippen LogP contribution >= 0.6 is 12.4 Å². The average Bonchev–Trinajstić information content (AvgIpc) is 3.19. The molecular formula is C22H29ClN2O2. The van der Waals surface area contributed by atoms with Crippen molar-refractivity contribution in [2.24, 2.45) is 5.92 Å². The summed E-state index contributed by atoms with van der Waals surface area (Å²) >= 11 is 0. The first-order valence-electron chi connectivity index (χ1n) is 9.45. The van der Waals surface area contributed by atoms with Crippen molar-refractivity contribution in [2.75, 3.05) is 26.7 Å². The first-order valence-corrected chi connectivity index (χ1v) is 9.45. The Morgan fingerprint density at radius 3 is 2.70 bits per heavy atom. The molecule has 0 aromatic heterocycles. The quantitative estimate of drug-likeness (QED) is 0.679. The molecule has 5 heteroatoms. The van der Waals surface area contributed by atoms with Crippen molar-refractivity contribution >= 4 is 18.3 Å². The molecule has 1 unspecified atom stereocenters. The van der Waals surface area contributed by atoms with Crippen molar-refractivity contribution in [3.05, 3.63) is 65.2 Å². The third kappa shape index (κ3) is 6.56. The minimum absolute atomic E-state index is 0. The highest BCUT2D eigenvalue weighted by atomic mass is 35.5. The maximum Gasteiger partial charge on any atom is 0.251 e. The highest BCUT2D eigenvalue weighted by Gasteiger charge is 2.15. The normalized spacial score (nSPS) is 15.8. The standard InChI is InChI=1S/C22H28N2O2.ClH/c1-26-21-9-7-17(8-10-21)5-3-12-24-22(25)20-6-2-4-18(15-20)14-19-11-13-23-16-19;/h2,4,6-10,15,19,23H,3,5,11-14,16H2,1H3,(H,24,25);1H. The molecule has 2 aromatic rings. The van der Waals surface area contributed by atoms with E-state index in [-0.39, 0.29) is 18.3 Å². The summed E-state index contributed by atoms with van der Waals surface area (Å²) in [6.07, 6.45) is 4.14. The number of rotatable bonds is 8. The molecule has 1 amide bonds. The SMILES string of the molecule is COc1ccc(CCCNC(=O)c2cccc(CC3CCNC3)c2)cc1.Cl. The molecule has 0 bridgehead atoms. The van der Waals surface area contributed by atoms with Crippen molar-refractivity contribution in [1.29, 1.82) is 0 Å². The predicted octanol–water partition coefficient (Wildman–Crippen LogP) is 3.63. The van der Waals surface area contributed by atoms with Crippen LogP contribution in [0.2, 0.25) is 0 Å². The van der Waals surface area contributed by atoms with Gasteiger partial charge in [-0.1, -0.05) is 24.3 Å². The summed E-state index contributed by atoms with van der Waals surface area (Å²) in [4.78, 5) is 12.4. The minimum atomic E-state index is 0. The van der Waals surface area contributed by atoms with Gasteiger partial charge in [0.1, 0.15) is 5.75 Å². The van der Waals surface area contributed by atoms with E-state index in [1.54, 1.807) is 7.11 Å². The fourth-order valence-electron chi connectivity index (χ4n) is 3.45. The average molecular weight is 389 g/mol. The predicted molar refractivity (Wildman–Crippen MR) is 112 cm³/mol. The molecule has 2 N–H and O–H groups in total. The third-order valence-electron chi connectivity index (χ3n) is 4.96. The molecule has 3 rings (SSSR count). The number of aryl methyl sites for hydroxylation is 1. The zero-order chi connectivity index (χ0) is 18.2. The molecule has 1 saturated heterocycles. The lowest BCUT2D eigenvalue weighted by Gasteiger charge is -2.10. The number of carbonyl (C=O) groups is 1. The highest BCUT2D eigenvalue weighted by Crippen LogP contribution is 2.16. The van der Waals surface area contributed by atoms with Gasteiger partial charge in [0.25, 0.3) is 5.91 Å². The van der Waals surface area contributed by atoms with Gasteiger partial charge in [0.15, 0.2) is 0 Å². The van der Waals surface area contributed by atoms with Gasteiger partial charge in [-0.2, -0.15) is 0 Å². The third-order valence-corrected chi connectivity index (χ3v) is 4.96. The number of hydrogen-bond donors (Lipinski definition) is 2. The summed E-state index contributed by atoms with van der Waals surface area (Å²) in [5, 5.41) is 6.43. The molecule has 1 aliphatic rings. The van der Waals surface area contributed by atoms with Gasteiger partial charge in [-0.25, -0.2) is 0 Å². The van der Waals surface area contributed by atoms with Gasteiger partial charge < -0.3 is 15.4 Å². The Bertz CT molecular complexity index is 713. The van der Waals surface area contributed by atoms with Crippen molar-refractivity contribution in [3.63, 3.8) is 0 Å². The van der Waals surface area contributed by atoms with Crippen LogP contribution in [0.3, 0.4) is 0 Å². The summed E-state index contributed by atoms with van der Waals surface area (Å²) in [7, 11) is 1.67. The van der Waals surface area contributed by atoms with Gasteiger partial charge in [-0.05, 0) is 80.1 Å². The van der Waals surface area contributed by atoms with E-state index in [1.807, 2.05) is 30.3 Å². The molecular weight excluding hydrogens is 360 g/mol. The van der Waals surface area contributed by atoms with Crippen molar-refractivity contribution in [1.82, 2.24) is 10.6 Å². The molecule has 4 nitrogen and oxygen atoms in total. The number of amides is 1. The van der Waals surface area contributed by atoms with Crippen LogP contribution in [0, 0.1) is 5.92 Å². The van der Waals surface area contributed by atoms with Gasteiger partial charge in [0.05, 0.1) is 7.11 Å². The Balaban J connectivity index is 0.00000261. The molecule has 0 aliphatic carbocycles. The number of ether oxygens (including phenoxy) is 1. The summed E-state index contributed by atoms with van der Waals surface area (Å²) in [5.74, 6) is 1.58. The topological polar surface area (TPSA) is 50.4 Å². The second-order valence-electron chi connectivity index (χ2n) is 6.97. The monoisotopic (exact) mass is 388 g/mol. The number of nitrogens with one attached hydrogen (secondary N) is 2. The van der Waals surface area contributed by atoms with E-state index >= 15 is 0 Å². The fourth-order valence-corrected chi connectivity index (χ4v) is 3.45. The van der Waals surface area contributed by atoms with Crippen LogP contribution in [0.5, 0.6) is 5.75 Å². The second kappa shape index (κ2) is 11.0. The largest absolute Gasteiger partial charge is 0.497 e. The lowest BCUT2D eigenvalue weighted by Crippen LogP contribution is -2.25. The Kier molecular flexibility index (Phi) is 8.62. The molecule has 27 heavy (non-hydrogen) atoms. The molecule has 1 atom stereocenters. The van der Waals surface area contributed by atoms with Crippen LogP contribution in [0.15, 0.2) is 48.5 Å². The lowest BCUT2D eigenvalue weighted by molar-refractivity contribution is 0.0953. The van der Waals surface area contributed by atoms with Gasteiger partial charge in [0.2, 0.25) is 0 Å². The van der Waals surface area contributed by atoms with Crippen LogP contribution in [0.1, 0.15) is 34.3 Å². The molecule has 0 spiro atoms. The number of methoxy groups -OCH3 is 1. The molecule has 1 fully saturated rings. The maximum atomic E-state index is 12.4. The second-order valence-corrected chi connectivity index (χ2v) is 6.97. The summed E-state index contributed by atoms with van der Waals surface area (Å²) in [6, 6.07) is 16.1. The number of carbonyl (C=O) groups excluding carboxylic acids is 1. The minimum Gasteiger partial charge on any atom is -0.497 e. The van der Waals surface area contributed by atoms with Crippen LogP contribution in [0.25, 0.3) is 0 Å². The fraction of sp³-hybridized carbons (Fsp3) is 0.409. The van der Waals surface area contributed by atoms with E-state index in [0.717, 1.165) is 43.7 Å². The van der Waals surface area contributed by atoms with Gasteiger partial charge >= 0.3 is 0 Å².